The second-order valence-electron chi connectivity index (χ2n) is 6.89. The first-order valence-electron chi connectivity index (χ1n) is 7.34. The number of fused-ring (bicyclic) bond motifs is 4. The Morgan fingerprint density at radius 2 is 1.95 bits per heavy atom. The molecule has 4 fully saturated rings. The zero-order chi connectivity index (χ0) is 14.2. The smallest absolute Gasteiger partial charge is 0.232 e. The summed E-state index contributed by atoms with van der Waals surface area (Å²) in [6, 6.07) is 0. The molecule has 4 saturated heterocycles. The third kappa shape index (κ3) is 1.62. The predicted molar refractivity (Wildman–Crippen MR) is 67.4 cm³/mol. The number of ether oxygens (including phenoxy) is 4. The average Bonchev–Trinajstić information content (AvgIpc) is 2.79. The monoisotopic (exact) mass is 283 g/mol. The Hall–Kier alpha value is -0.690. The number of β-lactam (4-membered cyclic amide) rings is 1. The molecule has 20 heavy (non-hydrogen) atoms. The molecule has 0 saturated carbocycles. The van der Waals surface area contributed by atoms with E-state index in [9.17, 15) is 4.79 Å². The molecule has 4 aliphatic rings. The second kappa shape index (κ2) is 3.94. The molecule has 0 radical (unpaired) electrons. The summed E-state index contributed by atoms with van der Waals surface area (Å²) in [5.41, 5.74) is 0. The highest BCUT2D eigenvalue weighted by atomic mass is 16.8. The van der Waals surface area contributed by atoms with Gasteiger partial charge >= 0.3 is 0 Å². The van der Waals surface area contributed by atoms with Gasteiger partial charge in [-0.3, -0.25) is 4.79 Å². The number of amides is 1. The number of rotatable bonds is 1. The Morgan fingerprint density at radius 1 is 1.20 bits per heavy atom. The molecule has 0 N–H and O–H groups in total. The zero-order valence-electron chi connectivity index (χ0n) is 12.2. The molecule has 4 heterocycles. The average molecular weight is 283 g/mol. The Bertz CT molecular complexity index is 451. The quantitative estimate of drug-likeness (QED) is 0.663. The van der Waals surface area contributed by atoms with Gasteiger partial charge in [0.1, 0.15) is 24.5 Å². The van der Waals surface area contributed by atoms with Gasteiger partial charge in [-0.1, -0.05) is 13.8 Å². The van der Waals surface area contributed by atoms with Crippen molar-refractivity contribution < 1.29 is 23.7 Å². The molecular weight excluding hydrogens is 262 g/mol. The minimum absolute atomic E-state index is 0.0367. The SMILES string of the molecule is CC(C)[C@@H]1C(=O)N2C[C@H]3O[C@@H]4OC(C)(C)O[C@@H]4[C@H]3O[C@@H]12. The largest absolute Gasteiger partial charge is 0.348 e. The van der Waals surface area contributed by atoms with Crippen LogP contribution in [-0.4, -0.2) is 54.0 Å². The molecule has 0 aromatic carbocycles. The number of hydrogen-bond donors (Lipinski definition) is 0. The second-order valence-corrected chi connectivity index (χ2v) is 6.89. The van der Waals surface area contributed by atoms with Crippen molar-refractivity contribution in [2.24, 2.45) is 11.8 Å². The summed E-state index contributed by atoms with van der Waals surface area (Å²) in [5.74, 6) is -0.208. The van der Waals surface area contributed by atoms with Gasteiger partial charge in [0.2, 0.25) is 5.91 Å². The van der Waals surface area contributed by atoms with Crippen LogP contribution in [0.1, 0.15) is 27.7 Å². The van der Waals surface area contributed by atoms with Crippen LogP contribution in [0, 0.1) is 11.8 Å². The lowest BCUT2D eigenvalue weighted by Gasteiger charge is -2.53. The van der Waals surface area contributed by atoms with Crippen LogP contribution in [0.3, 0.4) is 0 Å². The lowest BCUT2D eigenvalue weighted by molar-refractivity contribution is -0.275. The van der Waals surface area contributed by atoms with E-state index in [2.05, 4.69) is 13.8 Å². The van der Waals surface area contributed by atoms with Gasteiger partial charge in [-0.2, -0.15) is 0 Å². The van der Waals surface area contributed by atoms with Crippen LogP contribution in [0.25, 0.3) is 0 Å². The normalized spacial score (nSPS) is 48.9. The fourth-order valence-electron chi connectivity index (χ4n) is 3.73. The van der Waals surface area contributed by atoms with Crippen LogP contribution < -0.4 is 0 Å². The lowest BCUT2D eigenvalue weighted by atomic mass is 9.83. The molecule has 6 heteroatoms. The molecule has 0 aromatic rings. The van der Waals surface area contributed by atoms with Gasteiger partial charge < -0.3 is 23.8 Å². The zero-order valence-corrected chi connectivity index (χ0v) is 12.2. The van der Waals surface area contributed by atoms with Crippen LogP contribution in [-0.2, 0) is 23.7 Å². The van der Waals surface area contributed by atoms with Crippen molar-refractivity contribution >= 4 is 5.91 Å². The summed E-state index contributed by atoms with van der Waals surface area (Å²) in [7, 11) is 0. The standard InChI is InChI=1S/C14H21NO5/c1-6(2)8-11(16)15-5-7-9(18-12(8)15)10-13(17-7)20-14(3,4)19-10/h6-10,12-13H,5H2,1-4H3/t7-,8-,9+,10-,12+,13-/m1/s1. The van der Waals surface area contributed by atoms with E-state index in [1.165, 1.54) is 0 Å². The maximum absolute atomic E-state index is 12.1. The Kier molecular flexibility index (Phi) is 2.56. The highest BCUT2D eigenvalue weighted by molar-refractivity contribution is 5.86. The molecule has 1 amide bonds. The number of nitrogens with zero attached hydrogens (tertiary/aromatic N) is 1. The van der Waals surface area contributed by atoms with Gasteiger partial charge in [0, 0.05) is 0 Å². The van der Waals surface area contributed by atoms with Crippen LogP contribution in [0.4, 0.5) is 0 Å². The van der Waals surface area contributed by atoms with Gasteiger partial charge in [0.05, 0.1) is 12.5 Å². The van der Waals surface area contributed by atoms with E-state index in [0.29, 0.717) is 6.54 Å². The Morgan fingerprint density at radius 3 is 2.65 bits per heavy atom. The molecular formula is C14H21NO5. The van der Waals surface area contributed by atoms with Crippen LogP contribution in [0.5, 0.6) is 0 Å². The molecule has 0 aromatic heterocycles. The highest BCUT2D eigenvalue weighted by Crippen LogP contribution is 2.45. The molecule has 6 nitrogen and oxygen atoms in total. The van der Waals surface area contributed by atoms with Crippen molar-refractivity contribution in [3.63, 3.8) is 0 Å². The van der Waals surface area contributed by atoms with Gasteiger partial charge in [-0.15, -0.1) is 0 Å². The molecule has 0 bridgehead atoms. The van der Waals surface area contributed by atoms with Crippen LogP contribution in [0.15, 0.2) is 0 Å². The third-order valence-electron chi connectivity index (χ3n) is 4.66. The summed E-state index contributed by atoms with van der Waals surface area (Å²) in [6.07, 6.45) is -0.989. The fraction of sp³-hybridized carbons (Fsp3) is 0.929. The van der Waals surface area contributed by atoms with Gasteiger partial charge in [0.15, 0.2) is 12.1 Å². The van der Waals surface area contributed by atoms with Crippen molar-refractivity contribution in [1.82, 2.24) is 4.90 Å². The maximum Gasteiger partial charge on any atom is 0.232 e. The summed E-state index contributed by atoms with van der Waals surface area (Å²) in [5, 5.41) is 0. The number of carbonyl (C=O) groups excluding carboxylic acids is 1. The minimum Gasteiger partial charge on any atom is -0.348 e. The summed E-state index contributed by atoms with van der Waals surface area (Å²) in [6.45, 7) is 8.45. The molecule has 0 unspecified atom stereocenters. The van der Waals surface area contributed by atoms with Crippen LogP contribution >= 0.6 is 0 Å². The van der Waals surface area contributed by atoms with E-state index < -0.39 is 5.79 Å². The van der Waals surface area contributed by atoms with Gasteiger partial charge in [-0.25, -0.2) is 0 Å². The maximum atomic E-state index is 12.1. The van der Waals surface area contributed by atoms with E-state index in [0.717, 1.165) is 0 Å². The Labute approximate surface area is 118 Å². The van der Waals surface area contributed by atoms with Gasteiger partial charge in [0.25, 0.3) is 0 Å². The summed E-state index contributed by atoms with van der Waals surface area (Å²) in [4.78, 5) is 13.9. The van der Waals surface area contributed by atoms with E-state index in [4.69, 9.17) is 18.9 Å². The van der Waals surface area contributed by atoms with Crippen molar-refractivity contribution in [3.05, 3.63) is 0 Å². The molecule has 4 rings (SSSR count). The van der Waals surface area contributed by atoms with Crippen molar-refractivity contribution in [2.45, 2.75) is 64.3 Å². The van der Waals surface area contributed by atoms with Crippen molar-refractivity contribution in [2.75, 3.05) is 6.54 Å². The molecule has 112 valence electrons. The number of hydrogen-bond acceptors (Lipinski definition) is 5. The first-order chi connectivity index (χ1) is 9.37. The summed E-state index contributed by atoms with van der Waals surface area (Å²) < 4.78 is 23.6. The predicted octanol–water partition coefficient (Wildman–Crippen LogP) is 0.702. The molecule has 6 atom stereocenters. The molecule has 0 aliphatic carbocycles. The number of carbonyl (C=O) groups is 1. The van der Waals surface area contributed by atoms with E-state index >= 15 is 0 Å². The van der Waals surface area contributed by atoms with E-state index in [-0.39, 0.29) is 48.6 Å². The minimum atomic E-state index is -0.631. The van der Waals surface area contributed by atoms with E-state index in [1.807, 2.05) is 13.8 Å². The van der Waals surface area contributed by atoms with E-state index in [1.54, 1.807) is 4.90 Å². The fourth-order valence-corrected chi connectivity index (χ4v) is 3.73. The lowest BCUT2D eigenvalue weighted by Crippen LogP contribution is -2.70. The van der Waals surface area contributed by atoms with Crippen molar-refractivity contribution in [3.8, 4) is 0 Å². The summed E-state index contributed by atoms with van der Waals surface area (Å²) >= 11 is 0. The topological polar surface area (TPSA) is 57.2 Å². The first kappa shape index (κ1) is 13.0. The highest BCUT2D eigenvalue weighted by Gasteiger charge is 2.63. The molecule has 4 aliphatic heterocycles. The Balaban J connectivity index is 1.53. The van der Waals surface area contributed by atoms with Crippen molar-refractivity contribution in [1.29, 1.82) is 0 Å². The molecule has 0 spiro atoms. The third-order valence-corrected chi connectivity index (χ3v) is 4.66. The van der Waals surface area contributed by atoms with Gasteiger partial charge in [-0.05, 0) is 19.8 Å². The first-order valence-corrected chi connectivity index (χ1v) is 7.34. The van der Waals surface area contributed by atoms with Crippen LogP contribution in [0.2, 0.25) is 0 Å².